The van der Waals surface area contributed by atoms with Crippen LogP contribution in [0.1, 0.15) is 21.8 Å². The van der Waals surface area contributed by atoms with Gasteiger partial charge in [-0.15, -0.1) is 0 Å². The van der Waals surface area contributed by atoms with Gasteiger partial charge in [-0.25, -0.2) is 9.97 Å². The number of rotatable bonds is 8. The van der Waals surface area contributed by atoms with Gasteiger partial charge in [0.05, 0.1) is 19.9 Å². The Morgan fingerprint density at radius 2 is 2.15 bits per heavy atom. The molecule has 0 bridgehead atoms. The van der Waals surface area contributed by atoms with Gasteiger partial charge in [-0.3, -0.25) is 4.79 Å². The summed E-state index contributed by atoms with van der Waals surface area (Å²) in [6.07, 6.45) is 3.86. The summed E-state index contributed by atoms with van der Waals surface area (Å²) in [5, 5.41) is 5.89. The first-order valence-corrected chi connectivity index (χ1v) is 8.25. The standard InChI is InChI=1S/C19H20N4O3/c1-25-15-5-2-4-14(12-15)7-9-20-18(24)17-8-10-21-19(23-17)22-13-16-6-3-11-26-16/h2-6,8,10-12H,7,9,13H2,1H3,(H,20,24)(H,21,22,23). The van der Waals surface area contributed by atoms with Crippen LogP contribution in [0.4, 0.5) is 5.95 Å². The van der Waals surface area contributed by atoms with Crippen LogP contribution < -0.4 is 15.4 Å². The van der Waals surface area contributed by atoms with Gasteiger partial charge in [0.2, 0.25) is 5.95 Å². The van der Waals surface area contributed by atoms with Gasteiger partial charge in [-0.2, -0.15) is 0 Å². The van der Waals surface area contributed by atoms with Crippen molar-refractivity contribution in [2.24, 2.45) is 0 Å². The molecule has 0 saturated heterocycles. The normalized spacial score (nSPS) is 10.3. The molecule has 0 atom stereocenters. The van der Waals surface area contributed by atoms with E-state index in [-0.39, 0.29) is 5.91 Å². The number of hydrogen-bond donors (Lipinski definition) is 2. The molecule has 0 unspecified atom stereocenters. The Hall–Kier alpha value is -3.35. The molecule has 2 aromatic heterocycles. The van der Waals surface area contributed by atoms with Gasteiger partial charge in [0.1, 0.15) is 17.2 Å². The molecule has 0 radical (unpaired) electrons. The molecule has 0 aliphatic carbocycles. The van der Waals surface area contributed by atoms with E-state index in [1.54, 1.807) is 25.6 Å². The summed E-state index contributed by atoms with van der Waals surface area (Å²) < 4.78 is 10.4. The number of amides is 1. The summed E-state index contributed by atoms with van der Waals surface area (Å²) in [5.41, 5.74) is 1.40. The van der Waals surface area contributed by atoms with Crippen molar-refractivity contribution in [2.45, 2.75) is 13.0 Å². The zero-order valence-electron chi connectivity index (χ0n) is 14.4. The number of hydrogen-bond acceptors (Lipinski definition) is 6. The quantitative estimate of drug-likeness (QED) is 0.648. The van der Waals surface area contributed by atoms with Gasteiger partial charge < -0.3 is 19.8 Å². The smallest absolute Gasteiger partial charge is 0.270 e. The summed E-state index contributed by atoms with van der Waals surface area (Å²) in [6, 6.07) is 13.0. The van der Waals surface area contributed by atoms with E-state index < -0.39 is 0 Å². The largest absolute Gasteiger partial charge is 0.497 e. The molecule has 2 heterocycles. The number of carbonyl (C=O) groups is 1. The third-order valence-corrected chi connectivity index (χ3v) is 3.72. The molecule has 0 aliphatic rings. The Bertz CT molecular complexity index is 850. The van der Waals surface area contributed by atoms with Crippen LogP contribution in [0.5, 0.6) is 5.75 Å². The van der Waals surface area contributed by atoms with E-state index in [4.69, 9.17) is 9.15 Å². The van der Waals surface area contributed by atoms with Crippen LogP contribution in [0.2, 0.25) is 0 Å². The second-order valence-corrected chi connectivity index (χ2v) is 5.56. The van der Waals surface area contributed by atoms with E-state index in [0.29, 0.717) is 31.2 Å². The average Bonchev–Trinajstić information content (AvgIpc) is 3.20. The average molecular weight is 352 g/mol. The lowest BCUT2D eigenvalue weighted by Crippen LogP contribution is -2.26. The van der Waals surface area contributed by atoms with Gasteiger partial charge in [0, 0.05) is 12.7 Å². The molecule has 0 fully saturated rings. The maximum Gasteiger partial charge on any atom is 0.270 e. The van der Waals surface area contributed by atoms with Crippen molar-refractivity contribution in [1.82, 2.24) is 15.3 Å². The van der Waals surface area contributed by atoms with Gasteiger partial charge in [-0.05, 0) is 42.3 Å². The minimum absolute atomic E-state index is 0.239. The second kappa shape index (κ2) is 8.66. The first-order chi connectivity index (χ1) is 12.7. The van der Waals surface area contributed by atoms with Crippen molar-refractivity contribution in [1.29, 1.82) is 0 Å². The van der Waals surface area contributed by atoms with E-state index >= 15 is 0 Å². The summed E-state index contributed by atoms with van der Waals surface area (Å²) in [4.78, 5) is 20.6. The summed E-state index contributed by atoms with van der Waals surface area (Å²) in [5.74, 6) is 1.71. The van der Waals surface area contributed by atoms with Crippen LogP contribution in [0.3, 0.4) is 0 Å². The summed E-state index contributed by atoms with van der Waals surface area (Å²) >= 11 is 0. The SMILES string of the molecule is COc1cccc(CCNC(=O)c2ccnc(NCc3ccco3)n2)c1. The lowest BCUT2D eigenvalue weighted by Gasteiger charge is -2.07. The van der Waals surface area contributed by atoms with Crippen LogP contribution in [0.15, 0.2) is 59.3 Å². The first kappa shape index (κ1) is 17.5. The van der Waals surface area contributed by atoms with Crippen molar-refractivity contribution in [3.8, 4) is 5.75 Å². The number of methoxy groups -OCH3 is 1. The lowest BCUT2D eigenvalue weighted by molar-refractivity contribution is 0.0949. The minimum atomic E-state index is -0.239. The van der Waals surface area contributed by atoms with E-state index in [1.165, 1.54) is 0 Å². The number of benzene rings is 1. The molecule has 0 saturated carbocycles. The van der Waals surface area contributed by atoms with Crippen molar-refractivity contribution < 1.29 is 13.9 Å². The third-order valence-electron chi connectivity index (χ3n) is 3.72. The monoisotopic (exact) mass is 352 g/mol. The Kier molecular flexibility index (Phi) is 5.82. The Labute approximate surface area is 151 Å². The number of aromatic nitrogens is 2. The number of ether oxygens (including phenoxy) is 1. The molecular weight excluding hydrogens is 332 g/mol. The molecule has 2 N–H and O–H groups in total. The number of nitrogens with one attached hydrogen (secondary N) is 2. The lowest BCUT2D eigenvalue weighted by atomic mass is 10.1. The Morgan fingerprint density at radius 1 is 1.23 bits per heavy atom. The van der Waals surface area contributed by atoms with Crippen molar-refractivity contribution in [2.75, 3.05) is 19.0 Å². The molecule has 26 heavy (non-hydrogen) atoms. The van der Waals surface area contributed by atoms with Crippen LogP contribution in [-0.4, -0.2) is 29.5 Å². The van der Waals surface area contributed by atoms with E-state index in [2.05, 4.69) is 20.6 Å². The fourth-order valence-corrected chi connectivity index (χ4v) is 2.39. The molecule has 134 valence electrons. The van der Waals surface area contributed by atoms with Gasteiger partial charge in [-0.1, -0.05) is 12.1 Å². The van der Waals surface area contributed by atoms with Crippen LogP contribution in [-0.2, 0) is 13.0 Å². The molecule has 7 nitrogen and oxygen atoms in total. The molecular formula is C19H20N4O3. The number of furan rings is 1. The summed E-state index contributed by atoms with van der Waals surface area (Å²) in [6.45, 7) is 0.957. The highest BCUT2D eigenvalue weighted by Gasteiger charge is 2.09. The Morgan fingerprint density at radius 3 is 2.96 bits per heavy atom. The minimum Gasteiger partial charge on any atom is -0.497 e. The van der Waals surface area contributed by atoms with Crippen LogP contribution in [0.25, 0.3) is 0 Å². The zero-order chi connectivity index (χ0) is 18.2. The van der Waals surface area contributed by atoms with E-state index in [1.807, 2.05) is 36.4 Å². The van der Waals surface area contributed by atoms with Gasteiger partial charge >= 0.3 is 0 Å². The van der Waals surface area contributed by atoms with Crippen LogP contribution in [0, 0.1) is 0 Å². The van der Waals surface area contributed by atoms with Crippen molar-refractivity contribution >= 4 is 11.9 Å². The molecule has 1 amide bonds. The predicted molar refractivity (Wildman–Crippen MR) is 97.1 cm³/mol. The fourth-order valence-electron chi connectivity index (χ4n) is 2.39. The molecule has 7 heteroatoms. The van der Waals surface area contributed by atoms with Gasteiger partial charge in [0.25, 0.3) is 5.91 Å². The second-order valence-electron chi connectivity index (χ2n) is 5.56. The van der Waals surface area contributed by atoms with Crippen molar-refractivity contribution in [3.63, 3.8) is 0 Å². The van der Waals surface area contributed by atoms with Crippen molar-refractivity contribution in [3.05, 3.63) is 71.9 Å². The third kappa shape index (κ3) is 4.83. The number of anilines is 1. The predicted octanol–water partition coefficient (Wildman–Crippen LogP) is 2.66. The zero-order valence-corrected chi connectivity index (χ0v) is 14.4. The fraction of sp³-hybridized carbons (Fsp3) is 0.211. The molecule has 0 spiro atoms. The molecule has 3 aromatic rings. The van der Waals surface area contributed by atoms with Gasteiger partial charge in [0.15, 0.2) is 0 Å². The molecule has 0 aliphatic heterocycles. The molecule has 1 aromatic carbocycles. The highest BCUT2D eigenvalue weighted by atomic mass is 16.5. The van der Waals surface area contributed by atoms with E-state index in [0.717, 1.165) is 17.1 Å². The maximum atomic E-state index is 12.3. The first-order valence-electron chi connectivity index (χ1n) is 8.25. The maximum absolute atomic E-state index is 12.3. The highest BCUT2D eigenvalue weighted by Crippen LogP contribution is 2.12. The van der Waals surface area contributed by atoms with E-state index in [9.17, 15) is 4.79 Å². The number of nitrogens with zero attached hydrogens (tertiary/aromatic N) is 2. The molecule has 3 rings (SSSR count). The Balaban J connectivity index is 1.51. The van der Waals surface area contributed by atoms with Crippen LogP contribution >= 0.6 is 0 Å². The summed E-state index contributed by atoms with van der Waals surface area (Å²) in [7, 11) is 1.63. The topological polar surface area (TPSA) is 89.3 Å². The number of carbonyl (C=O) groups excluding carboxylic acids is 1. The highest BCUT2D eigenvalue weighted by molar-refractivity contribution is 5.92.